The Hall–Kier alpha value is -1.08. The van der Waals surface area contributed by atoms with E-state index in [0.717, 1.165) is 32.0 Å². The van der Waals surface area contributed by atoms with Gasteiger partial charge in [-0.15, -0.1) is 0 Å². The number of likely N-dealkylation sites (tertiary alicyclic amines) is 1. The molecule has 106 valence electrons. The number of nitrogens with one attached hydrogen (secondary N) is 2. The Kier molecular flexibility index (Phi) is 3.26. The van der Waals surface area contributed by atoms with E-state index in [1.165, 1.54) is 6.42 Å². The van der Waals surface area contributed by atoms with Crippen LogP contribution in [0.1, 0.15) is 30.7 Å². The van der Waals surface area contributed by atoms with Gasteiger partial charge >= 0.3 is 6.18 Å². The van der Waals surface area contributed by atoms with Crippen molar-refractivity contribution >= 4 is 0 Å². The summed E-state index contributed by atoms with van der Waals surface area (Å²) in [7, 11) is 0. The van der Waals surface area contributed by atoms with Gasteiger partial charge in [0.15, 0.2) is 5.69 Å². The van der Waals surface area contributed by atoms with E-state index in [0.29, 0.717) is 24.3 Å². The molecule has 7 heteroatoms. The first kappa shape index (κ1) is 12.9. The molecule has 2 N–H and O–H groups in total. The summed E-state index contributed by atoms with van der Waals surface area (Å²) < 4.78 is 37.4. The molecule has 2 unspecified atom stereocenters. The summed E-state index contributed by atoms with van der Waals surface area (Å²) in [5.74, 6) is 0. The van der Waals surface area contributed by atoms with Crippen LogP contribution in [0.15, 0.2) is 6.07 Å². The molecule has 0 spiro atoms. The zero-order chi connectivity index (χ0) is 13.5. The molecule has 3 rings (SSSR count). The van der Waals surface area contributed by atoms with Gasteiger partial charge in [-0.3, -0.25) is 10.00 Å². The van der Waals surface area contributed by atoms with Crippen molar-refractivity contribution in [3.63, 3.8) is 0 Å². The van der Waals surface area contributed by atoms with Crippen molar-refractivity contribution in [2.75, 3.05) is 13.1 Å². The van der Waals surface area contributed by atoms with Gasteiger partial charge in [0.2, 0.25) is 0 Å². The Labute approximate surface area is 109 Å². The van der Waals surface area contributed by atoms with Crippen LogP contribution in [0.25, 0.3) is 0 Å². The maximum absolute atomic E-state index is 12.5. The lowest BCUT2D eigenvalue weighted by molar-refractivity contribution is -0.141. The van der Waals surface area contributed by atoms with Crippen molar-refractivity contribution in [3.8, 4) is 0 Å². The summed E-state index contributed by atoms with van der Waals surface area (Å²) in [6.07, 6.45) is -0.913. The fraction of sp³-hybridized carbons (Fsp3) is 0.750. The summed E-state index contributed by atoms with van der Waals surface area (Å²) in [5, 5.41) is 9.37. The predicted octanol–water partition coefficient (Wildman–Crippen LogP) is 1.75. The van der Waals surface area contributed by atoms with E-state index >= 15 is 0 Å². The van der Waals surface area contributed by atoms with E-state index in [2.05, 4.69) is 20.4 Å². The number of nitrogens with zero attached hydrogens (tertiary/aromatic N) is 2. The van der Waals surface area contributed by atoms with Crippen molar-refractivity contribution in [2.45, 2.75) is 44.1 Å². The molecular weight excluding hydrogens is 257 g/mol. The van der Waals surface area contributed by atoms with Gasteiger partial charge in [-0.2, -0.15) is 18.3 Å². The second-order valence-electron chi connectivity index (χ2n) is 5.44. The minimum Gasteiger partial charge on any atom is -0.310 e. The molecule has 0 amide bonds. The van der Waals surface area contributed by atoms with Crippen LogP contribution >= 0.6 is 0 Å². The number of aromatic amines is 1. The molecule has 2 fully saturated rings. The number of aromatic nitrogens is 2. The first-order valence-electron chi connectivity index (χ1n) is 6.60. The fourth-order valence-electron chi connectivity index (χ4n) is 2.99. The van der Waals surface area contributed by atoms with Gasteiger partial charge in [0, 0.05) is 37.4 Å². The zero-order valence-corrected chi connectivity index (χ0v) is 10.5. The maximum atomic E-state index is 12.5. The molecule has 19 heavy (non-hydrogen) atoms. The van der Waals surface area contributed by atoms with Crippen molar-refractivity contribution in [1.82, 2.24) is 20.4 Å². The second-order valence-corrected chi connectivity index (χ2v) is 5.44. The molecule has 1 aromatic heterocycles. The van der Waals surface area contributed by atoms with Gasteiger partial charge < -0.3 is 5.32 Å². The average molecular weight is 274 g/mol. The molecule has 1 aromatic rings. The highest BCUT2D eigenvalue weighted by atomic mass is 19.4. The predicted molar refractivity (Wildman–Crippen MR) is 63.4 cm³/mol. The third-order valence-electron chi connectivity index (χ3n) is 3.92. The largest absolute Gasteiger partial charge is 0.435 e. The van der Waals surface area contributed by atoms with E-state index in [1.807, 2.05) is 0 Å². The monoisotopic (exact) mass is 274 g/mol. The van der Waals surface area contributed by atoms with Crippen LogP contribution in [-0.4, -0.2) is 40.3 Å². The first-order chi connectivity index (χ1) is 9.00. The van der Waals surface area contributed by atoms with E-state index in [1.54, 1.807) is 0 Å². The second kappa shape index (κ2) is 4.79. The van der Waals surface area contributed by atoms with Crippen molar-refractivity contribution < 1.29 is 13.2 Å². The topological polar surface area (TPSA) is 44.0 Å². The number of hydrogen-bond donors (Lipinski definition) is 2. The Morgan fingerprint density at radius 2 is 2.05 bits per heavy atom. The lowest BCUT2D eigenvalue weighted by Gasteiger charge is -2.23. The number of hydrogen-bond acceptors (Lipinski definition) is 3. The Bertz CT molecular complexity index is 442. The molecule has 3 heterocycles. The molecule has 2 atom stereocenters. The Morgan fingerprint density at radius 3 is 2.79 bits per heavy atom. The number of alkyl halides is 3. The summed E-state index contributed by atoms with van der Waals surface area (Å²) in [5.41, 5.74) is -0.304. The lowest BCUT2D eigenvalue weighted by atomic mass is 10.1. The van der Waals surface area contributed by atoms with Crippen molar-refractivity contribution in [1.29, 1.82) is 0 Å². The van der Waals surface area contributed by atoms with Gasteiger partial charge in [0.05, 0.1) is 0 Å². The van der Waals surface area contributed by atoms with Gasteiger partial charge in [0.1, 0.15) is 0 Å². The number of rotatable bonds is 2. The normalized spacial score (nSPS) is 28.6. The molecule has 2 bridgehead atoms. The highest BCUT2D eigenvalue weighted by molar-refractivity contribution is 5.11. The quantitative estimate of drug-likeness (QED) is 0.863. The lowest BCUT2D eigenvalue weighted by Crippen LogP contribution is -2.35. The standard InChI is InChI=1S/C12H17F3N4/c13-12(14,15)11-5-10(17-18-11)7-19-4-3-8-1-2-9(6-19)16-8/h5,8-9,16H,1-4,6-7H2,(H,17,18). The van der Waals surface area contributed by atoms with Crippen molar-refractivity contribution in [3.05, 3.63) is 17.5 Å². The highest BCUT2D eigenvalue weighted by Gasteiger charge is 2.34. The van der Waals surface area contributed by atoms with Gasteiger partial charge in [-0.1, -0.05) is 0 Å². The van der Waals surface area contributed by atoms with Gasteiger partial charge in [-0.05, 0) is 25.3 Å². The smallest absolute Gasteiger partial charge is 0.310 e. The molecule has 0 radical (unpaired) electrons. The van der Waals surface area contributed by atoms with Gasteiger partial charge in [0.25, 0.3) is 0 Å². The van der Waals surface area contributed by atoms with Crippen LogP contribution in [0.4, 0.5) is 13.2 Å². The van der Waals surface area contributed by atoms with Gasteiger partial charge in [-0.25, -0.2) is 0 Å². The van der Waals surface area contributed by atoms with Crippen LogP contribution in [0.3, 0.4) is 0 Å². The van der Waals surface area contributed by atoms with E-state index in [4.69, 9.17) is 0 Å². The summed E-state index contributed by atoms with van der Waals surface area (Å²) in [6, 6.07) is 2.18. The van der Waals surface area contributed by atoms with Crippen LogP contribution in [0.2, 0.25) is 0 Å². The first-order valence-corrected chi connectivity index (χ1v) is 6.60. The zero-order valence-electron chi connectivity index (χ0n) is 10.5. The number of fused-ring (bicyclic) bond motifs is 2. The molecule has 2 saturated heterocycles. The molecule has 0 aromatic carbocycles. The van der Waals surface area contributed by atoms with Crippen LogP contribution in [0.5, 0.6) is 0 Å². The number of H-pyrrole nitrogens is 1. The summed E-state index contributed by atoms with van der Waals surface area (Å²) >= 11 is 0. The minimum atomic E-state index is -4.37. The van der Waals surface area contributed by atoms with Crippen LogP contribution in [0, 0.1) is 0 Å². The molecule has 2 aliphatic heterocycles. The van der Waals surface area contributed by atoms with Crippen molar-refractivity contribution in [2.24, 2.45) is 0 Å². The Balaban J connectivity index is 1.63. The summed E-state index contributed by atoms with van der Waals surface area (Å²) in [4.78, 5) is 2.20. The fourth-order valence-corrected chi connectivity index (χ4v) is 2.99. The van der Waals surface area contributed by atoms with E-state index in [9.17, 15) is 13.2 Å². The number of halogens is 3. The average Bonchev–Trinajstić information content (AvgIpc) is 2.88. The molecule has 0 aliphatic carbocycles. The molecule has 0 saturated carbocycles. The van der Waals surface area contributed by atoms with E-state index in [-0.39, 0.29) is 0 Å². The SMILES string of the molecule is FC(F)(F)c1cc(CN2CCC3CCC(C2)N3)[nH]n1. The minimum absolute atomic E-state index is 0.484. The third-order valence-corrected chi connectivity index (χ3v) is 3.92. The highest BCUT2D eigenvalue weighted by Crippen LogP contribution is 2.28. The molecule has 4 nitrogen and oxygen atoms in total. The maximum Gasteiger partial charge on any atom is 0.435 e. The molecule has 2 aliphatic rings. The van der Waals surface area contributed by atoms with Crippen LogP contribution in [-0.2, 0) is 12.7 Å². The Morgan fingerprint density at radius 1 is 1.26 bits per heavy atom. The van der Waals surface area contributed by atoms with Crippen LogP contribution < -0.4 is 5.32 Å². The summed E-state index contributed by atoms with van der Waals surface area (Å²) in [6.45, 7) is 2.33. The molecular formula is C12H17F3N4. The van der Waals surface area contributed by atoms with E-state index < -0.39 is 11.9 Å². The third kappa shape index (κ3) is 2.92.